The van der Waals surface area contributed by atoms with Crippen molar-refractivity contribution in [3.05, 3.63) is 40.6 Å². The zero-order valence-electron chi connectivity index (χ0n) is 9.94. The number of aryl methyl sites for hydroxylation is 3. The molecule has 2 aromatic rings. The maximum atomic E-state index is 10.7. The molecule has 1 heterocycles. The second-order valence-corrected chi connectivity index (χ2v) is 4.16. The van der Waals surface area contributed by atoms with Gasteiger partial charge in [-0.05, 0) is 31.9 Å². The summed E-state index contributed by atoms with van der Waals surface area (Å²) in [7, 11) is 0. The van der Waals surface area contributed by atoms with Crippen molar-refractivity contribution in [3.63, 3.8) is 0 Å². The SMILES string of the molecule is Cc1cc(C)c(-c2cc(C(=O)O)no2)c(C)c1. The number of rotatable bonds is 2. The van der Waals surface area contributed by atoms with E-state index < -0.39 is 5.97 Å². The van der Waals surface area contributed by atoms with Crippen LogP contribution in [0.4, 0.5) is 0 Å². The average Bonchev–Trinajstić information content (AvgIpc) is 2.65. The molecule has 0 bridgehead atoms. The van der Waals surface area contributed by atoms with Crippen LogP contribution in [0, 0.1) is 20.8 Å². The molecule has 4 heteroatoms. The van der Waals surface area contributed by atoms with Gasteiger partial charge < -0.3 is 9.63 Å². The molecular weight excluding hydrogens is 218 g/mol. The Morgan fingerprint density at radius 1 is 1.18 bits per heavy atom. The predicted octanol–water partition coefficient (Wildman–Crippen LogP) is 2.97. The lowest BCUT2D eigenvalue weighted by atomic mass is 9.98. The third-order valence-corrected chi connectivity index (χ3v) is 2.65. The first kappa shape index (κ1) is 11.4. The molecular formula is C13H13NO3. The highest BCUT2D eigenvalue weighted by atomic mass is 16.5. The highest BCUT2D eigenvalue weighted by molar-refractivity contribution is 5.86. The number of nitrogens with zero attached hydrogens (tertiary/aromatic N) is 1. The third kappa shape index (κ3) is 2.06. The maximum absolute atomic E-state index is 10.7. The van der Waals surface area contributed by atoms with Gasteiger partial charge in [-0.15, -0.1) is 0 Å². The molecule has 0 aliphatic heterocycles. The first-order chi connectivity index (χ1) is 7.99. The fraction of sp³-hybridized carbons (Fsp3) is 0.231. The maximum Gasteiger partial charge on any atom is 0.358 e. The van der Waals surface area contributed by atoms with Gasteiger partial charge in [0.1, 0.15) is 0 Å². The fourth-order valence-corrected chi connectivity index (χ4v) is 2.06. The van der Waals surface area contributed by atoms with Crippen LogP contribution in [0.5, 0.6) is 0 Å². The minimum atomic E-state index is -1.08. The molecule has 2 rings (SSSR count). The van der Waals surface area contributed by atoms with E-state index in [1.165, 1.54) is 11.6 Å². The molecule has 0 saturated heterocycles. The molecule has 0 unspecified atom stereocenters. The van der Waals surface area contributed by atoms with Crippen molar-refractivity contribution in [2.75, 3.05) is 0 Å². The van der Waals surface area contributed by atoms with Crippen molar-refractivity contribution in [1.82, 2.24) is 5.16 Å². The van der Waals surface area contributed by atoms with E-state index >= 15 is 0 Å². The first-order valence-corrected chi connectivity index (χ1v) is 5.27. The van der Waals surface area contributed by atoms with Crippen molar-refractivity contribution in [2.24, 2.45) is 0 Å². The van der Waals surface area contributed by atoms with Gasteiger partial charge in [0.15, 0.2) is 11.5 Å². The summed E-state index contributed by atoms with van der Waals surface area (Å²) in [6.45, 7) is 5.96. The molecule has 0 amide bonds. The standard InChI is InChI=1S/C13H13NO3/c1-7-4-8(2)12(9(3)5-7)11-6-10(13(15)16)14-17-11/h4-6H,1-3H3,(H,15,16). The molecule has 0 saturated carbocycles. The van der Waals surface area contributed by atoms with E-state index in [0.717, 1.165) is 16.7 Å². The van der Waals surface area contributed by atoms with E-state index in [9.17, 15) is 4.79 Å². The Bertz CT molecular complexity index is 561. The Morgan fingerprint density at radius 2 is 1.76 bits per heavy atom. The summed E-state index contributed by atoms with van der Waals surface area (Å²) in [5, 5.41) is 12.3. The van der Waals surface area contributed by atoms with Crippen molar-refractivity contribution in [1.29, 1.82) is 0 Å². The van der Waals surface area contributed by atoms with Crippen LogP contribution in [0.15, 0.2) is 22.7 Å². The summed E-state index contributed by atoms with van der Waals surface area (Å²) in [5.74, 6) is -0.584. The van der Waals surface area contributed by atoms with E-state index in [4.69, 9.17) is 9.63 Å². The summed E-state index contributed by atoms with van der Waals surface area (Å²) in [6, 6.07) is 5.52. The summed E-state index contributed by atoms with van der Waals surface area (Å²) in [4.78, 5) is 10.7. The van der Waals surface area contributed by atoms with Crippen LogP contribution in [-0.2, 0) is 0 Å². The van der Waals surface area contributed by atoms with Gasteiger partial charge in [-0.2, -0.15) is 0 Å². The monoisotopic (exact) mass is 231 g/mol. The molecule has 1 N–H and O–H groups in total. The molecule has 1 aromatic carbocycles. The minimum Gasteiger partial charge on any atom is -0.476 e. The quantitative estimate of drug-likeness (QED) is 0.863. The largest absolute Gasteiger partial charge is 0.476 e. The van der Waals surface area contributed by atoms with Crippen molar-refractivity contribution < 1.29 is 14.4 Å². The highest BCUT2D eigenvalue weighted by Gasteiger charge is 2.15. The number of carbonyl (C=O) groups is 1. The molecule has 88 valence electrons. The molecule has 0 aliphatic carbocycles. The van der Waals surface area contributed by atoms with Gasteiger partial charge >= 0.3 is 5.97 Å². The third-order valence-electron chi connectivity index (χ3n) is 2.65. The number of carboxylic acids is 1. The van der Waals surface area contributed by atoms with Gasteiger partial charge in [-0.1, -0.05) is 22.9 Å². The zero-order chi connectivity index (χ0) is 12.6. The summed E-state index contributed by atoms with van der Waals surface area (Å²) in [6.07, 6.45) is 0. The average molecular weight is 231 g/mol. The van der Waals surface area contributed by atoms with Gasteiger partial charge in [0.25, 0.3) is 0 Å². The minimum absolute atomic E-state index is 0.0700. The number of benzene rings is 1. The van der Waals surface area contributed by atoms with Gasteiger partial charge in [0, 0.05) is 11.6 Å². The lowest BCUT2D eigenvalue weighted by molar-refractivity contribution is 0.0686. The van der Waals surface area contributed by atoms with Crippen LogP contribution in [0.3, 0.4) is 0 Å². The second kappa shape index (κ2) is 4.05. The lowest BCUT2D eigenvalue weighted by Crippen LogP contribution is -1.94. The van der Waals surface area contributed by atoms with Crippen molar-refractivity contribution in [2.45, 2.75) is 20.8 Å². The van der Waals surface area contributed by atoms with E-state index in [-0.39, 0.29) is 5.69 Å². The van der Waals surface area contributed by atoms with Crippen LogP contribution in [-0.4, -0.2) is 16.2 Å². The molecule has 4 nitrogen and oxygen atoms in total. The molecule has 0 fully saturated rings. The van der Waals surface area contributed by atoms with Gasteiger partial charge in [-0.3, -0.25) is 0 Å². The van der Waals surface area contributed by atoms with E-state index in [2.05, 4.69) is 5.16 Å². The topological polar surface area (TPSA) is 63.3 Å². The van der Waals surface area contributed by atoms with Gasteiger partial charge in [-0.25, -0.2) is 4.79 Å². The van der Waals surface area contributed by atoms with E-state index in [1.54, 1.807) is 0 Å². The Morgan fingerprint density at radius 3 is 2.24 bits per heavy atom. The van der Waals surface area contributed by atoms with Gasteiger partial charge in [0.2, 0.25) is 0 Å². The van der Waals surface area contributed by atoms with Gasteiger partial charge in [0.05, 0.1) is 0 Å². The molecule has 1 aromatic heterocycles. The van der Waals surface area contributed by atoms with E-state index in [1.807, 2.05) is 32.9 Å². The highest BCUT2D eigenvalue weighted by Crippen LogP contribution is 2.28. The van der Waals surface area contributed by atoms with E-state index in [0.29, 0.717) is 5.76 Å². The Labute approximate surface area is 98.9 Å². The second-order valence-electron chi connectivity index (χ2n) is 4.16. The number of hydrogen-bond donors (Lipinski definition) is 1. The summed E-state index contributed by atoms with van der Waals surface area (Å²) in [5.41, 5.74) is 4.11. The number of hydrogen-bond acceptors (Lipinski definition) is 3. The van der Waals surface area contributed by atoms with Crippen LogP contribution in [0.1, 0.15) is 27.2 Å². The summed E-state index contributed by atoms with van der Waals surface area (Å²) < 4.78 is 5.08. The molecule has 17 heavy (non-hydrogen) atoms. The molecule has 0 atom stereocenters. The number of aromatic carboxylic acids is 1. The Hall–Kier alpha value is -2.10. The fourth-order valence-electron chi connectivity index (χ4n) is 2.06. The Balaban J connectivity index is 2.56. The molecule has 0 radical (unpaired) electrons. The first-order valence-electron chi connectivity index (χ1n) is 5.27. The molecule has 0 aliphatic rings. The normalized spacial score (nSPS) is 10.5. The van der Waals surface area contributed by atoms with Crippen LogP contribution in [0.2, 0.25) is 0 Å². The lowest BCUT2D eigenvalue weighted by Gasteiger charge is -2.07. The van der Waals surface area contributed by atoms with Crippen molar-refractivity contribution >= 4 is 5.97 Å². The molecule has 0 spiro atoms. The predicted molar refractivity (Wildman–Crippen MR) is 63.1 cm³/mol. The van der Waals surface area contributed by atoms with Crippen LogP contribution >= 0.6 is 0 Å². The summed E-state index contributed by atoms with van der Waals surface area (Å²) >= 11 is 0. The number of carboxylic acid groups (broad SMARTS) is 1. The van der Waals surface area contributed by atoms with Crippen LogP contribution in [0.25, 0.3) is 11.3 Å². The van der Waals surface area contributed by atoms with Crippen LogP contribution < -0.4 is 0 Å². The van der Waals surface area contributed by atoms with Crippen molar-refractivity contribution in [3.8, 4) is 11.3 Å². The Kier molecular flexibility index (Phi) is 2.71. The smallest absolute Gasteiger partial charge is 0.358 e. The number of aromatic nitrogens is 1. The zero-order valence-corrected chi connectivity index (χ0v) is 9.94.